The number of aromatic nitrogens is 3. The molecule has 2 bridgehead atoms. The summed E-state index contributed by atoms with van der Waals surface area (Å²) in [6, 6.07) is 8.87. The normalized spacial score (nSPS) is 23.4. The van der Waals surface area contributed by atoms with E-state index in [4.69, 9.17) is 4.74 Å². The Morgan fingerprint density at radius 2 is 2.10 bits per heavy atom. The van der Waals surface area contributed by atoms with Gasteiger partial charge in [-0.05, 0) is 12.1 Å². The molecule has 0 saturated carbocycles. The number of fused-ring (bicyclic) bond motifs is 2. The summed E-state index contributed by atoms with van der Waals surface area (Å²) in [7, 11) is 0. The van der Waals surface area contributed by atoms with E-state index < -0.39 is 6.04 Å². The lowest BCUT2D eigenvalue weighted by Crippen LogP contribution is -2.44. The molecule has 0 spiro atoms. The molecular weight excluding hydrogens is 272 g/mol. The Hall–Kier alpha value is -2.70. The standard InChI is InChI=1S/C14H12N4O3/c19-13(17-8-10-6-12(17)14(20)21-10)11-7-15-18(16-11)9-4-2-1-3-5-9/h1-5,7,10,12H,6,8H2/t10-,12+/m0/s1. The van der Waals surface area contributed by atoms with Gasteiger partial charge in [0.05, 0.1) is 18.4 Å². The fourth-order valence-corrected chi connectivity index (χ4v) is 2.77. The molecule has 2 saturated heterocycles. The van der Waals surface area contributed by atoms with Crippen molar-refractivity contribution in [1.82, 2.24) is 19.9 Å². The molecule has 7 heteroatoms. The number of rotatable bonds is 2. The van der Waals surface area contributed by atoms with E-state index in [9.17, 15) is 9.59 Å². The molecule has 2 fully saturated rings. The van der Waals surface area contributed by atoms with Crippen LogP contribution in [-0.2, 0) is 9.53 Å². The number of amides is 1. The Labute approximate surface area is 120 Å². The van der Waals surface area contributed by atoms with Gasteiger partial charge in [-0.1, -0.05) is 18.2 Å². The topological polar surface area (TPSA) is 77.3 Å². The van der Waals surface area contributed by atoms with Crippen LogP contribution in [0.2, 0.25) is 0 Å². The second kappa shape index (κ2) is 4.41. The molecule has 2 aliphatic rings. The highest BCUT2D eigenvalue weighted by Gasteiger charge is 2.49. The summed E-state index contributed by atoms with van der Waals surface area (Å²) >= 11 is 0. The lowest BCUT2D eigenvalue weighted by atomic mass is 10.2. The number of para-hydroxylation sites is 1. The van der Waals surface area contributed by atoms with Crippen LogP contribution < -0.4 is 0 Å². The van der Waals surface area contributed by atoms with E-state index in [1.165, 1.54) is 15.9 Å². The van der Waals surface area contributed by atoms with Crippen LogP contribution in [0.5, 0.6) is 0 Å². The Morgan fingerprint density at radius 1 is 1.29 bits per heavy atom. The molecule has 0 unspecified atom stereocenters. The van der Waals surface area contributed by atoms with Gasteiger partial charge in [0.25, 0.3) is 5.91 Å². The van der Waals surface area contributed by atoms with Crippen LogP contribution in [0.15, 0.2) is 36.5 Å². The number of morpholine rings is 1. The molecule has 1 aromatic carbocycles. The van der Waals surface area contributed by atoms with Crippen molar-refractivity contribution in [3.8, 4) is 5.69 Å². The van der Waals surface area contributed by atoms with Crippen LogP contribution >= 0.6 is 0 Å². The first-order valence-electron chi connectivity index (χ1n) is 6.71. The third-order valence-electron chi connectivity index (χ3n) is 3.78. The number of esters is 1. The number of likely N-dealkylation sites (tertiary alicyclic amines) is 1. The third kappa shape index (κ3) is 1.89. The van der Waals surface area contributed by atoms with Crippen LogP contribution in [0.4, 0.5) is 0 Å². The first-order valence-corrected chi connectivity index (χ1v) is 6.71. The van der Waals surface area contributed by atoms with Crippen LogP contribution in [-0.4, -0.2) is 50.5 Å². The van der Waals surface area contributed by atoms with E-state index in [0.29, 0.717) is 13.0 Å². The predicted molar refractivity (Wildman–Crippen MR) is 70.7 cm³/mol. The molecule has 21 heavy (non-hydrogen) atoms. The highest BCUT2D eigenvalue weighted by Crippen LogP contribution is 2.29. The molecule has 3 heterocycles. The second-order valence-electron chi connectivity index (χ2n) is 5.12. The average Bonchev–Trinajstić information content (AvgIpc) is 3.22. The third-order valence-corrected chi connectivity index (χ3v) is 3.78. The number of hydrogen-bond donors (Lipinski definition) is 0. The summed E-state index contributed by atoms with van der Waals surface area (Å²) in [5, 5.41) is 8.30. The van der Waals surface area contributed by atoms with Gasteiger partial charge in [-0.2, -0.15) is 9.90 Å². The van der Waals surface area contributed by atoms with Crippen molar-refractivity contribution in [1.29, 1.82) is 0 Å². The summed E-state index contributed by atoms with van der Waals surface area (Å²) in [6.45, 7) is 0.438. The van der Waals surface area contributed by atoms with Gasteiger partial charge in [-0.15, -0.1) is 5.10 Å². The van der Waals surface area contributed by atoms with Gasteiger partial charge in [0, 0.05) is 6.42 Å². The van der Waals surface area contributed by atoms with Gasteiger partial charge in [-0.25, -0.2) is 4.79 Å². The van der Waals surface area contributed by atoms with Crippen molar-refractivity contribution in [3.63, 3.8) is 0 Å². The van der Waals surface area contributed by atoms with Crippen molar-refractivity contribution in [2.75, 3.05) is 6.54 Å². The molecular formula is C14H12N4O3. The lowest BCUT2D eigenvalue weighted by Gasteiger charge is -2.24. The van der Waals surface area contributed by atoms with Crippen molar-refractivity contribution in [2.45, 2.75) is 18.6 Å². The molecule has 2 atom stereocenters. The lowest BCUT2D eigenvalue weighted by molar-refractivity contribution is -0.149. The minimum absolute atomic E-state index is 0.171. The van der Waals surface area contributed by atoms with Gasteiger partial charge >= 0.3 is 5.97 Å². The molecule has 1 amide bonds. The van der Waals surface area contributed by atoms with Crippen molar-refractivity contribution >= 4 is 11.9 Å². The number of carbonyl (C=O) groups excluding carboxylic acids is 2. The van der Waals surface area contributed by atoms with Crippen molar-refractivity contribution < 1.29 is 14.3 Å². The first-order chi connectivity index (χ1) is 10.2. The maximum atomic E-state index is 12.4. The molecule has 106 valence electrons. The number of benzene rings is 1. The maximum absolute atomic E-state index is 12.4. The average molecular weight is 284 g/mol. The molecule has 0 aliphatic carbocycles. The zero-order chi connectivity index (χ0) is 14.4. The van der Waals surface area contributed by atoms with Gasteiger partial charge in [0.1, 0.15) is 12.1 Å². The Kier molecular flexibility index (Phi) is 2.53. The summed E-state index contributed by atoms with van der Waals surface area (Å²) < 4.78 is 5.08. The highest BCUT2D eigenvalue weighted by molar-refractivity contribution is 5.96. The van der Waals surface area contributed by atoms with Gasteiger partial charge in [0.2, 0.25) is 0 Å². The molecule has 2 aliphatic heterocycles. The fourth-order valence-electron chi connectivity index (χ4n) is 2.77. The van der Waals surface area contributed by atoms with Gasteiger partial charge in [-0.3, -0.25) is 4.79 Å². The molecule has 4 rings (SSSR count). The predicted octanol–water partition coefficient (Wildman–Crippen LogP) is 0.407. The number of ether oxygens (including phenoxy) is 1. The minimum Gasteiger partial charge on any atom is -0.459 e. The fraction of sp³-hybridized carbons (Fsp3) is 0.286. The minimum atomic E-state index is -0.468. The van der Waals surface area contributed by atoms with E-state index in [2.05, 4.69) is 10.2 Å². The molecule has 7 nitrogen and oxygen atoms in total. The molecule has 1 aromatic heterocycles. The highest BCUT2D eigenvalue weighted by atomic mass is 16.6. The van der Waals surface area contributed by atoms with E-state index in [0.717, 1.165) is 5.69 Å². The van der Waals surface area contributed by atoms with Crippen LogP contribution in [0.1, 0.15) is 16.9 Å². The monoisotopic (exact) mass is 284 g/mol. The largest absolute Gasteiger partial charge is 0.459 e. The summed E-state index contributed by atoms with van der Waals surface area (Å²) in [5.74, 6) is -0.601. The summed E-state index contributed by atoms with van der Waals surface area (Å²) in [4.78, 5) is 26.9. The number of carbonyl (C=O) groups is 2. The Bertz CT molecular complexity index is 712. The first kappa shape index (κ1) is 12.1. The van der Waals surface area contributed by atoms with Crippen LogP contribution in [0.3, 0.4) is 0 Å². The summed E-state index contributed by atoms with van der Waals surface area (Å²) in [5.41, 5.74) is 1.01. The van der Waals surface area contributed by atoms with E-state index in [1.54, 1.807) is 0 Å². The van der Waals surface area contributed by atoms with Gasteiger partial charge < -0.3 is 9.64 Å². The van der Waals surface area contributed by atoms with E-state index in [-0.39, 0.29) is 23.7 Å². The SMILES string of the molecule is O=C1O[C@H]2C[C@H]1N(C(=O)c1cnn(-c3ccccc3)n1)C2. The summed E-state index contributed by atoms with van der Waals surface area (Å²) in [6.07, 6.45) is 1.83. The van der Waals surface area contributed by atoms with E-state index in [1.807, 2.05) is 30.3 Å². The van der Waals surface area contributed by atoms with Crippen LogP contribution in [0.25, 0.3) is 5.69 Å². The number of nitrogens with zero attached hydrogens (tertiary/aromatic N) is 4. The van der Waals surface area contributed by atoms with Crippen molar-refractivity contribution in [2.24, 2.45) is 0 Å². The zero-order valence-electron chi connectivity index (χ0n) is 11.0. The van der Waals surface area contributed by atoms with Gasteiger partial charge in [0.15, 0.2) is 5.69 Å². The van der Waals surface area contributed by atoms with Crippen molar-refractivity contribution in [3.05, 3.63) is 42.2 Å². The molecule has 2 aromatic rings. The molecule has 0 N–H and O–H groups in total. The Balaban J connectivity index is 1.59. The quantitative estimate of drug-likeness (QED) is 0.746. The van der Waals surface area contributed by atoms with Crippen LogP contribution in [0, 0.1) is 0 Å². The number of hydrogen-bond acceptors (Lipinski definition) is 5. The smallest absolute Gasteiger partial charge is 0.329 e. The zero-order valence-corrected chi connectivity index (χ0v) is 11.0. The Morgan fingerprint density at radius 3 is 2.81 bits per heavy atom. The maximum Gasteiger partial charge on any atom is 0.329 e. The second-order valence-corrected chi connectivity index (χ2v) is 5.12. The van der Waals surface area contributed by atoms with E-state index >= 15 is 0 Å². The molecule has 0 radical (unpaired) electrons.